The monoisotopic (exact) mass is 221 g/mol. The summed E-state index contributed by atoms with van der Waals surface area (Å²) < 4.78 is 10.3. The van der Waals surface area contributed by atoms with Crippen molar-refractivity contribution in [3.05, 3.63) is 17.8 Å². The molecule has 0 spiro atoms. The molecule has 1 aromatic heterocycles. The van der Waals surface area contributed by atoms with Gasteiger partial charge in [-0.3, -0.25) is 9.89 Å². The second-order valence-corrected chi connectivity index (χ2v) is 3.19. The number of aromatic nitrogens is 2. The topological polar surface area (TPSA) is 90.2 Å². The molecule has 6 nitrogen and oxygen atoms in total. The second-order valence-electron chi connectivity index (χ2n) is 3.19. The first kappa shape index (κ1) is 10.3. The number of rotatable bonds is 3. The van der Waals surface area contributed by atoms with E-state index in [1.165, 1.54) is 14.2 Å². The molecule has 0 aliphatic carbocycles. The number of benzene rings is 1. The Hall–Kier alpha value is -2.24. The summed E-state index contributed by atoms with van der Waals surface area (Å²) in [6.07, 6.45) is 0. The van der Waals surface area contributed by atoms with Crippen LogP contribution in [0.3, 0.4) is 0 Å². The number of amides is 1. The van der Waals surface area contributed by atoms with Crippen LogP contribution in [-0.2, 0) is 0 Å². The molecule has 0 aliphatic rings. The average Bonchev–Trinajstić information content (AvgIpc) is 2.69. The molecule has 1 heterocycles. The van der Waals surface area contributed by atoms with Crippen molar-refractivity contribution in [3.8, 4) is 11.5 Å². The molecule has 0 fully saturated rings. The number of hydrogen-bond acceptors (Lipinski definition) is 4. The van der Waals surface area contributed by atoms with Crippen molar-refractivity contribution in [2.45, 2.75) is 0 Å². The predicted molar refractivity (Wildman–Crippen MR) is 57.7 cm³/mol. The van der Waals surface area contributed by atoms with Crippen molar-refractivity contribution in [2.24, 2.45) is 5.73 Å². The predicted octanol–water partition coefficient (Wildman–Crippen LogP) is 0.679. The zero-order valence-corrected chi connectivity index (χ0v) is 8.90. The Morgan fingerprint density at radius 1 is 1.31 bits per heavy atom. The van der Waals surface area contributed by atoms with Gasteiger partial charge < -0.3 is 15.2 Å². The Bertz CT molecular complexity index is 547. The van der Waals surface area contributed by atoms with Crippen LogP contribution in [0.2, 0.25) is 0 Å². The third-order valence-corrected chi connectivity index (χ3v) is 2.30. The van der Waals surface area contributed by atoms with Crippen molar-refractivity contribution >= 4 is 16.8 Å². The summed E-state index contributed by atoms with van der Waals surface area (Å²) >= 11 is 0. The van der Waals surface area contributed by atoms with E-state index in [9.17, 15) is 4.79 Å². The molecule has 0 unspecified atom stereocenters. The molecule has 16 heavy (non-hydrogen) atoms. The van der Waals surface area contributed by atoms with E-state index in [0.717, 1.165) is 0 Å². The van der Waals surface area contributed by atoms with Gasteiger partial charge in [0.1, 0.15) is 0 Å². The number of aromatic amines is 1. The fraction of sp³-hybridized carbons (Fsp3) is 0.200. The van der Waals surface area contributed by atoms with Gasteiger partial charge in [0, 0.05) is 11.5 Å². The molecule has 1 aromatic carbocycles. The molecule has 0 radical (unpaired) electrons. The number of hydrogen-bond donors (Lipinski definition) is 2. The molecule has 84 valence electrons. The van der Waals surface area contributed by atoms with Crippen molar-refractivity contribution < 1.29 is 14.3 Å². The summed E-state index contributed by atoms with van der Waals surface area (Å²) in [7, 11) is 3.06. The van der Waals surface area contributed by atoms with E-state index in [0.29, 0.717) is 22.4 Å². The summed E-state index contributed by atoms with van der Waals surface area (Å²) in [6.45, 7) is 0. The molecule has 0 atom stereocenters. The maximum absolute atomic E-state index is 11.1. The third kappa shape index (κ3) is 1.44. The Balaban J connectivity index is 2.71. The molecule has 0 bridgehead atoms. The number of primary amides is 1. The largest absolute Gasteiger partial charge is 0.493 e. The van der Waals surface area contributed by atoms with Gasteiger partial charge in [-0.1, -0.05) is 0 Å². The molecule has 6 heteroatoms. The van der Waals surface area contributed by atoms with Gasteiger partial charge in [0.05, 0.1) is 19.7 Å². The highest BCUT2D eigenvalue weighted by Crippen LogP contribution is 2.32. The van der Waals surface area contributed by atoms with Crippen molar-refractivity contribution in [1.82, 2.24) is 10.2 Å². The number of nitrogens with zero attached hydrogens (tertiary/aromatic N) is 1. The summed E-state index contributed by atoms with van der Waals surface area (Å²) in [6, 6.07) is 3.37. The molecular weight excluding hydrogens is 210 g/mol. The summed E-state index contributed by atoms with van der Waals surface area (Å²) in [5, 5.41) is 7.16. The number of fused-ring (bicyclic) bond motifs is 1. The van der Waals surface area contributed by atoms with Crippen LogP contribution in [0, 0.1) is 0 Å². The number of carbonyl (C=O) groups is 1. The lowest BCUT2D eigenvalue weighted by atomic mass is 10.2. The fourth-order valence-corrected chi connectivity index (χ4v) is 1.53. The normalized spacial score (nSPS) is 10.4. The molecule has 1 amide bonds. The molecule has 0 aliphatic heterocycles. The highest BCUT2D eigenvalue weighted by Gasteiger charge is 2.14. The highest BCUT2D eigenvalue weighted by atomic mass is 16.5. The molecule has 0 saturated heterocycles. The van der Waals surface area contributed by atoms with E-state index in [4.69, 9.17) is 15.2 Å². The number of H-pyrrole nitrogens is 1. The van der Waals surface area contributed by atoms with E-state index in [1.54, 1.807) is 12.1 Å². The van der Waals surface area contributed by atoms with Crippen LogP contribution in [0.4, 0.5) is 0 Å². The third-order valence-electron chi connectivity index (χ3n) is 2.30. The van der Waals surface area contributed by atoms with Crippen LogP contribution in [-0.4, -0.2) is 30.3 Å². The maximum Gasteiger partial charge on any atom is 0.269 e. The van der Waals surface area contributed by atoms with Gasteiger partial charge in [0.2, 0.25) is 0 Å². The quantitative estimate of drug-likeness (QED) is 0.797. The number of methoxy groups -OCH3 is 2. The van der Waals surface area contributed by atoms with Crippen LogP contribution in [0.1, 0.15) is 10.5 Å². The minimum Gasteiger partial charge on any atom is -0.493 e. The van der Waals surface area contributed by atoms with Gasteiger partial charge in [-0.05, 0) is 6.07 Å². The second kappa shape index (κ2) is 3.73. The summed E-state index contributed by atoms with van der Waals surface area (Å²) in [5.41, 5.74) is 6.06. The van der Waals surface area contributed by atoms with Crippen molar-refractivity contribution in [2.75, 3.05) is 14.2 Å². The standard InChI is InChI=1S/C10H11N3O3/c1-15-7-3-5-6(4-8(7)16-2)12-13-9(5)10(11)14/h3-4H,1-2H3,(H2,11,14)(H,12,13). The number of nitrogens with one attached hydrogen (secondary N) is 1. The Morgan fingerprint density at radius 3 is 2.50 bits per heavy atom. The van der Waals surface area contributed by atoms with E-state index in [2.05, 4.69) is 10.2 Å². The molecule has 3 N–H and O–H groups in total. The van der Waals surface area contributed by atoms with E-state index < -0.39 is 5.91 Å². The summed E-state index contributed by atoms with van der Waals surface area (Å²) in [5.74, 6) is 0.507. The van der Waals surface area contributed by atoms with E-state index in [1.807, 2.05) is 0 Å². The SMILES string of the molecule is COc1cc2[nH]nc(C(N)=O)c2cc1OC. The first-order valence-electron chi connectivity index (χ1n) is 4.57. The van der Waals surface area contributed by atoms with Crippen molar-refractivity contribution in [3.63, 3.8) is 0 Å². The lowest BCUT2D eigenvalue weighted by Gasteiger charge is -2.06. The highest BCUT2D eigenvalue weighted by molar-refractivity contribution is 6.04. The minimum atomic E-state index is -0.585. The maximum atomic E-state index is 11.1. The average molecular weight is 221 g/mol. The molecule has 0 saturated carbocycles. The number of carbonyl (C=O) groups excluding carboxylic acids is 1. The van der Waals surface area contributed by atoms with Gasteiger partial charge in [0.15, 0.2) is 17.2 Å². The van der Waals surface area contributed by atoms with Crippen LogP contribution in [0.5, 0.6) is 11.5 Å². The lowest BCUT2D eigenvalue weighted by molar-refractivity contribution is 0.0997. The van der Waals surface area contributed by atoms with Crippen LogP contribution in [0.15, 0.2) is 12.1 Å². The Kier molecular flexibility index (Phi) is 2.40. The van der Waals surface area contributed by atoms with Gasteiger partial charge in [-0.2, -0.15) is 5.10 Å². The van der Waals surface area contributed by atoms with Gasteiger partial charge in [-0.25, -0.2) is 0 Å². The van der Waals surface area contributed by atoms with Crippen molar-refractivity contribution in [1.29, 1.82) is 0 Å². The Morgan fingerprint density at radius 2 is 1.94 bits per heavy atom. The minimum absolute atomic E-state index is 0.191. The van der Waals surface area contributed by atoms with Gasteiger partial charge >= 0.3 is 0 Å². The van der Waals surface area contributed by atoms with Crippen LogP contribution < -0.4 is 15.2 Å². The zero-order valence-electron chi connectivity index (χ0n) is 8.90. The molecule has 2 rings (SSSR count). The molecular formula is C10H11N3O3. The molecule has 2 aromatic rings. The van der Waals surface area contributed by atoms with Crippen LogP contribution >= 0.6 is 0 Å². The van der Waals surface area contributed by atoms with E-state index in [-0.39, 0.29) is 5.69 Å². The summed E-state index contributed by atoms with van der Waals surface area (Å²) in [4.78, 5) is 11.1. The first-order valence-corrected chi connectivity index (χ1v) is 4.57. The van der Waals surface area contributed by atoms with Gasteiger partial charge in [-0.15, -0.1) is 0 Å². The Labute approximate surface area is 91.3 Å². The lowest BCUT2D eigenvalue weighted by Crippen LogP contribution is -2.11. The van der Waals surface area contributed by atoms with Crippen LogP contribution in [0.25, 0.3) is 10.9 Å². The number of nitrogens with two attached hydrogens (primary N) is 1. The van der Waals surface area contributed by atoms with Gasteiger partial charge in [0.25, 0.3) is 5.91 Å². The zero-order chi connectivity index (χ0) is 11.7. The van der Waals surface area contributed by atoms with E-state index >= 15 is 0 Å². The fourth-order valence-electron chi connectivity index (χ4n) is 1.53. The number of ether oxygens (including phenoxy) is 2. The smallest absolute Gasteiger partial charge is 0.269 e. The first-order chi connectivity index (χ1) is 7.67.